The van der Waals surface area contributed by atoms with Crippen LogP contribution in [0.25, 0.3) is 0 Å². The van der Waals surface area contributed by atoms with Crippen LogP contribution >= 0.6 is 11.6 Å². The topological polar surface area (TPSA) is 24.5 Å². The van der Waals surface area contributed by atoms with Gasteiger partial charge in [-0.3, -0.25) is 4.90 Å². The molecule has 1 saturated heterocycles. The van der Waals surface area contributed by atoms with E-state index in [0.717, 1.165) is 49.9 Å². The smallest absolute Gasteiger partial charge is 0.121 e. The number of hydrogen-bond donors (Lipinski definition) is 1. The van der Waals surface area contributed by atoms with Crippen LogP contribution in [0.5, 0.6) is 5.75 Å². The van der Waals surface area contributed by atoms with Crippen molar-refractivity contribution in [3.05, 3.63) is 28.8 Å². The average molecular weight is 297 g/mol. The summed E-state index contributed by atoms with van der Waals surface area (Å²) in [6, 6.07) is 6.07. The van der Waals surface area contributed by atoms with Gasteiger partial charge in [0, 0.05) is 24.7 Å². The minimum Gasteiger partial charge on any atom is -0.491 e. The average Bonchev–Trinajstić information content (AvgIpc) is 2.70. The van der Waals surface area contributed by atoms with Crippen LogP contribution in [0.15, 0.2) is 18.2 Å². The molecule has 0 aromatic heterocycles. The molecule has 0 spiro atoms. The summed E-state index contributed by atoms with van der Waals surface area (Å²) >= 11 is 6.39. The van der Waals surface area contributed by atoms with Crippen molar-refractivity contribution in [2.75, 3.05) is 26.2 Å². The van der Waals surface area contributed by atoms with E-state index in [-0.39, 0.29) is 6.10 Å². The Balaban J connectivity index is 1.98. The minimum atomic E-state index is 0.230. The van der Waals surface area contributed by atoms with E-state index in [0.29, 0.717) is 0 Å². The van der Waals surface area contributed by atoms with E-state index >= 15 is 0 Å². The summed E-state index contributed by atoms with van der Waals surface area (Å²) in [5.41, 5.74) is 1.19. The summed E-state index contributed by atoms with van der Waals surface area (Å²) in [4.78, 5) is 2.45. The minimum absolute atomic E-state index is 0.230. The molecule has 1 aliphatic rings. The van der Waals surface area contributed by atoms with Gasteiger partial charge in [-0.1, -0.05) is 24.6 Å². The molecule has 0 saturated carbocycles. The van der Waals surface area contributed by atoms with Crippen molar-refractivity contribution in [1.82, 2.24) is 10.2 Å². The first-order chi connectivity index (χ1) is 9.69. The molecule has 1 fully saturated rings. The number of nitrogens with one attached hydrogen (secondary N) is 1. The first-order valence-electron chi connectivity index (χ1n) is 7.57. The predicted molar refractivity (Wildman–Crippen MR) is 84.6 cm³/mol. The number of nitrogens with zero attached hydrogens (tertiary/aromatic N) is 1. The molecule has 1 aliphatic heterocycles. The van der Waals surface area contributed by atoms with Crippen molar-refractivity contribution in [2.45, 2.75) is 39.3 Å². The third-order valence-corrected chi connectivity index (χ3v) is 4.12. The van der Waals surface area contributed by atoms with Gasteiger partial charge in [-0.2, -0.15) is 0 Å². The second kappa shape index (κ2) is 7.87. The van der Waals surface area contributed by atoms with Crippen LogP contribution in [0.1, 0.15) is 32.3 Å². The lowest BCUT2D eigenvalue weighted by Gasteiger charge is -2.20. The van der Waals surface area contributed by atoms with Gasteiger partial charge in [0.1, 0.15) is 5.75 Å². The van der Waals surface area contributed by atoms with Gasteiger partial charge in [0.05, 0.1) is 6.10 Å². The summed E-state index contributed by atoms with van der Waals surface area (Å²) < 4.78 is 5.80. The zero-order valence-electron chi connectivity index (χ0n) is 12.5. The van der Waals surface area contributed by atoms with E-state index in [2.05, 4.69) is 30.1 Å². The summed E-state index contributed by atoms with van der Waals surface area (Å²) in [5, 5.41) is 4.23. The zero-order chi connectivity index (χ0) is 14.4. The standard InChI is InChI=1S/C16H25ClN2O/c1-3-13(2)20-15-6-5-14(16(17)11-15)12-19-9-4-7-18-8-10-19/h5-6,11,13,18H,3-4,7-10,12H2,1-2H3. The fourth-order valence-corrected chi connectivity index (χ4v) is 2.58. The number of hydrogen-bond acceptors (Lipinski definition) is 3. The van der Waals surface area contributed by atoms with Crippen LogP contribution in [0, 0.1) is 0 Å². The Hall–Kier alpha value is -0.770. The van der Waals surface area contributed by atoms with Gasteiger partial charge in [-0.15, -0.1) is 0 Å². The Morgan fingerprint density at radius 3 is 2.95 bits per heavy atom. The molecule has 0 aliphatic carbocycles. The second-order valence-corrected chi connectivity index (χ2v) is 5.88. The first kappa shape index (κ1) is 15.6. The van der Waals surface area contributed by atoms with Crippen molar-refractivity contribution in [3.63, 3.8) is 0 Å². The molecule has 1 atom stereocenters. The molecule has 1 aromatic rings. The Morgan fingerprint density at radius 2 is 2.20 bits per heavy atom. The highest BCUT2D eigenvalue weighted by Crippen LogP contribution is 2.25. The largest absolute Gasteiger partial charge is 0.491 e. The Bertz CT molecular complexity index is 417. The van der Waals surface area contributed by atoms with Crippen LogP contribution < -0.4 is 10.1 Å². The van der Waals surface area contributed by atoms with E-state index in [1.54, 1.807) is 0 Å². The highest BCUT2D eigenvalue weighted by molar-refractivity contribution is 6.31. The molecule has 0 amide bonds. The van der Waals surface area contributed by atoms with Crippen molar-refractivity contribution >= 4 is 11.6 Å². The SMILES string of the molecule is CCC(C)Oc1ccc(CN2CCCNCC2)c(Cl)c1. The molecule has 1 N–H and O–H groups in total. The molecule has 1 heterocycles. The van der Waals surface area contributed by atoms with Crippen molar-refractivity contribution in [1.29, 1.82) is 0 Å². The number of benzene rings is 1. The molecular weight excluding hydrogens is 272 g/mol. The second-order valence-electron chi connectivity index (χ2n) is 5.47. The van der Waals surface area contributed by atoms with Gasteiger partial charge >= 0.3 is 0 Å². The van der Waals surface area contributed by atoms with Crippen LogP contribution in [-0.4, -0.2) is 37.2 Å². The molecule has 4 heteroatoms. The van der Waals surface area contributed by atoms with Gasteiger partial charge in [-0.05, 0) is 50.6 Å². The van der Waals surface area contributed by atoms with Crippen molar-refractivity contribution in [2.24, 2.45) is 0 Å². The lowest BCUT2D eigenvalue weighted by Crippen LogP contribution is -2.27. The highest BCUT2D eigenvalue weighted by Gasteiger charge is 2.12. The van der Waals surface area contributed by atoms with E-state index in [4.69, 9.17) is 16.3 Å². The van der Waals surface area contributed by atoms with Crippen molar-refractivity contribution < 1.29 is 4.74 Å². The van der Waals surface area contributed by atoms with E-state index < -0.39 is 0 Å². The van der Waals surface area contributed by atoms with Gasteiger partial charge in [-0.25, -0.2) is 0 Å². The Kier molecular flexibility index (Phi) is 6.14. The number of rotatable bonds is 5. The third-order valence-electron chi connectivity index (χ3n) is 3.76. The summed E-state index contributed by atoms with van der Waals surface area (Å²) in [7, 11) is 0. The molecule has 1 unspecified atom stereocenters. The van der Waals surface area contributed by atoms with Crippen LogP contribution in [0.4, 0.5) is 0 Å². The molecular formula is C16H25ClN2O. The molecule has 0 bridgehead atoms. The Labute approximate surface area is 127 Å². The van der Waals surface area contributed by atoms with E-state index in [1.165, 1.54) is 12.0 Å². The monoisotopic (exact) mass is 296 g/mol. The van der Waals surface area contributed by atoms with E-state index in [9.17, 15) is 0 Å². The molecule has 112 valence electrons. The maximum atomic E-state index is 6.39. The molecule has 0 radical (unpaired) electrons. The molecule has 1 aromatic carbocycles. The predicted octanol–water partition coefficient (Wildman–Crippen LogP) is 3.31. The highest BCUT2D eigenvalue weighted by atomic mass is 35.5. The summed E-state index contributed by atoms with van der Waals surface area (Å²) in [6.07, 6.45) is 2.43. The fourth-order valence-electron chi connectivity index (χ4n) is 2.35. The van der Waals surface area contributed by atoms with Gasteiger partial charge < -0.3 is 10.1 Å². The quantitative estimate of drug-likeness (QED) is 0.902. The number of ether oxygens (including phenoxy) is 1. The Morgan fingerprint density at radius 1 is 1.35 bits per heavy atom. The van der Waals surface area contributed by atoms with Gasteiger partial charge in [0.25, 0.3) is 0 Å². The lowest BCUT2D eigenvalue weighted by atomic mass is 10.2. The number of halogens is 1. The lowest BCUT2D eigenvalue weighted by molar-refractivity contribution is 0.217. The molecule has 2 rings (SSSR count). The van der Waals surface area contributed by atoms with Gasteiger partial charge in [0.2, 0.25) is 0 Å². The third kappa shape index (κ3) is 4.65. The molecule has 3 nitrogen and oxygen atoms in total. The van der Waals surface area contributed by atoms with Crippen LogP contribution in [-0.2, 0) is 6.54 Å². The maximum Gasteiger partial charge on any atom is 0.121 e. The normalized spacial score (nSPS) is 18.6. The summed E-state index contributed by atoms with van der Waals surface area (Å²) in [5.74, 6) is 0.866. The van der Waals surface area contributed by atoms with Gasteiger partial charge in [0.15, 0.2) is 0 Å². The molecule has 20 heavy (non-hydrogen) atoms. The van der Waals surface area contributed by atoms with E-state index in [1.807, 2.05) is 12.1 Å². The summed E-state index contributed by atoms with van der Waals surface area (Å²) in [6.45, 7) is 9.51. The van der Waals surface area contributed by atoms with Crippen LogP contribution in [0.3, 0.4) is 0 Å². The fraction of sp³-hybridized carbons (Fsp3) is 0.625. The van der Waals surface area contributed by atoms with Crippen LogP contribution in [0.2, 0.25) is 5.02 Å². The maximum absolute atomic E-state index is 6.39. The first-order valence-corrected chi connectivity index (χ1v) is 7.95. The van der Waals surface area contributed by atoms with Crippen molar-refractivity contribution in [3.8, 4) is 5.75 Å². The zero-order valence-corrected chi connectivity index (χ0v) is 13.2.